The topological polar surface area (TPSA) is 0 Å². The summed E-state index contributed by atoms with van der Waals surface area (Å²) in [6.45, 7) is 22.4. The van der Waals surface area contributed by atoms with Gasteiger partial charge in [0, 0.05) is 5.41 Å². The van der Waals surface area contributed by atoms with Crippen LogP contribution in [0.25, 0.3) is 5.57 Å². The minimum atomic E-state index is 0. The predicted molar refractivity (Wildman–Crippen MR) is 227 cm³/mol. The van der Waals surface area contributed by atoms with Gasteiger partial charge in [-0.15, -0.1) is 6.92 Å². The molecular weight excluding hydrogens is 799 g/mol. The van der Waals surface area contributed by atoms with Gasteiger partial charge in [0.25, 0.3) is 0 Å². The van der Waals surface area contributed by atoms with E-state index in [1.165, 1.54) is 65.8 Å². The van der Waals surface area contributed by atoms with E-state index < -0.39 is 0 Å². The van der Waals surface area contributed by atoms with Crippen LogP contribution in [0.15, 0.2) is 102 Å². The van der Waals surface area contributed by atoms with Crippen LogP contribution >= 0.6 is 0 Å². The standard InChI is InChI=1S/C29H37.C16H21.C8H8.2ClH.Zr/c1-16-13-14-25-26-23-12-10-9-11-22(23)15-24(26)27-19(4)17(2)18(3)21(6)29(27,8)28(25,7)20(16)5;1-11-2-3-15(4-11)16-8-12-5-13(9-16)7-14(6-12)10-16;1-2-8-6-4-3-5-7-8;;;/h9-14,16-18,20-21H,15H2,1-8H3;2-4,12-14H,5-10H2,1H3;1,3-7H,2H2;2*1H;/q2*-1;;;;+2/p-2. The van der Waals surface area contributed by atoms with Gasteiger partial charge in [0.1, 0.15) is 0 Å². The Bertz CT molecular complexity index is 1940. The van der Waals surface area contributed by atoms with Crippen LogP contribution in [0.5, 0.6) is 0 Å². The van der Waals surface area contributed by atoms with Gasteiger partial charge >= 0.3 is 70.3 Å². The molecule has 298 valence electrons. The van der Waals surface area contributed by atoms with Crippen LogP contribution in [0, 0.1) is 71.0 Å². The number of allylic oxidation sites excluding steroid dienone is 6. The molecule has 0 aromatic heterocycles. The van der Waals surface area contributed by atoms with E-state index in [-0.39, 0.29) is 35.6 Å². The SMILES string of the molecule is C[C-]1C2=C3Cc4ccccc4C3=C3C=CC(C)C(C)C3(C)C2(C)C(C)C(C)C1C.Cc1cc(C23CC4CC(CC(C4)C2)C3)c[cH-]1.[Cl-].[Cl-].[Zr+2]=[CH]Cc1ccccc1. The maximum atomic E-state index is 2.63. The van der Waals surface area contributed by atoms with Gasteiger partial charge < -0.3 is 24.8 Å². The van der Waals surface area contributed by atoms with Crippen molar-refractivity contribution in [3.05, 3.63) is 135 Å². The molecule has 4 bridgehead atoms. The van der Waals surface area contributed by atoms with Crippen LogP contribution in [0.2, 0.25) is 0 Å². The van der Waals surface area contributed by atoms with E-state index in [2.05, 4.69) is 145 Å². The molecule has 11 rings (SSSR count). The van der Waals surface area contributed by atoms with E-state index in [9.17, 15) is 0 Å². The van der Waals surface area contributed by atoms with E-state index in [1.807, 2.05) is 6.07 Å². The Morgan fingerprint density at radius 1 is 0.821 bits per heavy atom. The van der Waals surface area contributed by atoms with Gasteiger partial charge in [0.2, 0.25) is 0 Å². The molecule has 3 heteroatoms. The molecule has 0 heterocycles. The molecule has 3 aromatic carbocycles. The Hall–Kier alpha value is -1.79. The quantitative estimate of drug-likeness (QED) is 0.241. The van der Waals surface area contributed by atoms with E-state index in [0.29, 0.717) is 35.0 Å². The van der Waals surface area contributed by atoms with Crippen LogP contribution in [0.1, 0.15) is 122 Å². The van der Waals surface area contributed by atoms with Crippen molar-refractivity contribution in [1.82, 2.24) is 0 Å². The molecule has 0 radical (unpaired) electrons. The molecule has 0 N–H and O–H groups in total. The molecule has 0 nitrogen and oxygen atoms in total. The molecule has 8 aliphatic rings. The zero-order chi connectivity index (χ0) is 38.2. The Morgan fingerprint density at radius 3 is 2.02 bits per heavy atom. The number of benzene rings is 2. The summed E-state index contributed by atoms with van der Waals surface area (Å²) in [5.41, 5.74) is 15.1. The average Bonchev–Trinajstić information content (AvgIpc) is 3.77. The van der Waals surface area contributed by atoms with Crippen molar-refractivity contribution in [1.29, 1.82) is 0 Å². The molecule has 0 saturated heterocycles. The van der Waals surface area contributed by atoms with Crippen molar-refractivity contribution in [2.24, 2.45) is 58.2 Å². The Morgan fingerprint density at radius 2 is 1.43 bits per heavy atom. The first kappa shape index (κ1) is 43.8. The van der Waals surface area contributed by atoms with Gasteiger partial charge in [0.05, 0.1) is 0 Å². The summed E-state index contributed by atoms with van der Waals surface area (Å²) < 4.78 is 2.25. The summed E-state index contributed by atoms with van der Waals surface area (Å²) in [4.78, 5) is 0. The molecule has 7 atom stereocenters. The van der Waals surface area contributed by atoms with Crippen LogP contribution < -0.4 is 24.8 Å². The van der Waals surface area contributed by atoms with E-state index >= 15 is 0 Å². The van der Waals surface area contributed by atoms with Gasteiger partial charge in [-0.3, -0.25) is 0 Å². The Balaban J connectivity index is 0.000000165. The zero-order valence-electron chi connectivity index (χ0n) is 35.7. The van der Waals surface area contributed by atoms with Gasteiger partial charge in [-0.25, -0.2) is 12.0 Å². The summed E-state index contributed by atoms with van der Waals surface area (Å²) in [6.07, 6.45) is 16.4. The molecule has 0 aliphatic heterocycles. The molecule has 5 saturated carbocycles. The molecule has 3 aromatic rings. The fraction of sp³-hybridized carbons (Fsp3) is 0.528. The van der Waals surface area contributed by atoms with Crippen molar-refractivity contribution in [2.75, 3.05) is 0 Å². The van der Waals surface area contributed by atoms with Crippen LogP contribution in [0.4, 0.5) is 0 Å². The number of halogens is 2. The minimum absolute atomic E-state index is 0. The van der Waals surface area contributed by atoms with Gasteiger partial charge in [-0.2, -0.15) is 34.4 Å². The summed E-state index contributed by atoms with van der Waals surface area (Å²) >= 11 is 1.51. The zero-order valence-corrected chi connectivity index (χ0v) is 39.7. The van der Waals surface area contributed by atoms with Crippen molar-refractivity contribution in [2.45, 2.75) is 119 Å². The monoisotopic (exact) mass is 862 g/mol. The Labute approximate surface area is 368 Å². The van der Waals surface area contributed by atoms with E-state index in [1.54, 1.807) is 53.0 Å². The first-order valence-corrected chi connectivity index (χ1v) is 23.1. The molecule has 5 fully saturated rings. The van der Waals surface area contributed by atoms with Crippen molar-refractivity contribution in [3.8, 4) is 0 Å². The van der Waals surface area contributed by atoms with Gasteiger partial charge in [0.15, 0.2) is 0 Å². The third-order valence-corrected chi connectivity index (χ3v) is 17.8. The molecular formula is C53H66Cl2Zr-2. The fourth-order valence-corrected chi connectivity index (χ4v) is 14.5. The average molecular weight is 865 g/mol. The van der Waals surface area contributed by atoms with E-state index in [4.69, 9.17) is 0 Å². The van der Waals surface area contributed by atoms with Crippen LogP contribution in [-0.2, 0) is 42.5 Å². The van der Waals surface area contributed by atoms with Gasteiger partial charge in [-0.05, 0) is 71.7 Å². The van der Waals surface area contributed by atoms with Crippen molar-refractivity contribution in [3.63, 3.8) is 0 Å². The Kier molecular flexibility index (Phi) is 13.1. The first-order chi connectivity index (χ1) is 25.8. The second-order valence-electron chi connectivity index (χ2n) is 19.8. The normalized spacial score (nSPS) is 36.7. The third kappa shape index (κ3) is 6.97. The summed E-state index contributed by atoms with van der Waals surface area (Å²) in [7, 11) is 0. The first-order valence-electron chi connectivity index (χ1n) is 21.7. The third-order valence-electron chi connectivity index (χ3n) is 17.3. The maximum absolute atomic E-state index is 2.63. The van der Waals surface area contributed by atoms with Gasteiger partial charge in [-0.1, -0.05) is 146 Å². The number of hydrogen-bond donors (Lipinski definition) is 0. The summed E-state index contributed by atoms with van der Waals surface area (Å²) in [6, 6.07) is 26.9. The number of fused-ring (bicyclic) bond motifs is 6. The second-order valence-corrected chi connectivity index (χ2v) is 20.8. The fourth-order valence-electron chi connectivity index (χ4n) is 13.9. The van der Waals surface area contributed by atoms with Crippen LogP contribution in [-0.4, -0.2) is 3.71 Å². The summed E-state index contributed by atoms with van der Waals surface area (Å²) in [5, 5.41) is 0. The summed E-state index contributed by atoms with van der Waals surface area (Å²) in [5.74, 6) is 8.14. The van der Waals surface area contributed by atoms with Crippen molar-refractivity contribution >= 4 is 9.28 Å². The number of aryl methyl sites for hydroxylation is 1. The molecule has 7 unspecified atom stereocenters. The molecule has 0 amide bonds. The molecule has 56 heavy (non-hydrogen) atoms. The van der Waals surface area contributed by atoms with E-state index in [0.717, 1.165) is 30.6 Å². The number of hydrogen-bond acceptors (Lipinski definition) is 0. The predicted octanol–water partition coefficient (Wildman–Crippen LogP) is 7.45. The van der Waals surface area contributed by atoms with Crippen molar-refractivity contribution < 1.29 is 49.0 Å². The molecule has 0 spiro atoms. The second kappa shape index (κ2) is 16.7. The molecule has 8 aliphatic carbocycles. The van der Waals surface area contributed by atoms with Crippen LogP contribution in [0.3, 0.4) is 0 Å². The number of rotatable bonds is 3.